The van der Waals surface area contributed by atoms with E-state index in [4.69, 9.17) is 4.74 Å². The molecule has 0 saturated carbocycles. The molecule has 1 aromatic heterocycles. The number of aromatic nitrogens is 2. The van der Waals surface area contributed by atoms with Crippen molar-refractivity contribution in [3.05, 3.63) is 18.2 Å². The second-order valence-corrected chi connectivity index (χ2v) is 6.23. The third-order valence-corrected chi connectivity index (χ3v) is 4.87. The zero-order valence-corrected chi connectivity index (χ0v) is 13.3. The van der Waals surface area contributed by atoms with Crippen LogP contribution < -0.4 is 0 Å². The fourth-order valence-corrected chi connectivity index (χ4v) is 3.69. The first-order valence-electron chi connectivity index (χ1n) is 8.43. The predicted octanol–water partition coefficient (Wildman–Crippen LogP) is 2.21. The van der Waals surface area contributed by atoms with Gasteiger partial charge in [0.05, 0.1) is 6.61 Å². The molecular formula is C16H26N4O2. The van der Waals surface area contributed by atoms with E-state index in [-0.39, 0.29) is 6.09 Å². The van der Waals surface area contributed by atoms with Gasteiger partial charge in [-0.3, -0.25) is 4.90 Å². The summed E-state index contributed by atoms with van der Waals surface area (Å²) >= 11 is 0. The Morgan fingerprint density at radius 3 is 2.86 bits per heavy atom. The Bertz CT molecular complexity index is 469. The number of nitrogens with one attached hydrogen (secondary N) is 1. The molecule has 0 aliphatic carbocycles. The lowest BCUT2D eigenvalue weighted by Crippen LogP contribution is -2.49. The first-order chi connectivity index (χ1) is 10.8. The fourth-order valence-electron chi connectivity index (χ4n) is 3.69. The molecule has 0 bridgehead atoms. The van der Waals surface area contributed by atoms with Gasteiger partial charge in [0, 0.05) is 44.0 Å². The molecule has 1 atom stereocenters. The average molecular weight is 306 g/mol. The highest BCUT2D eigenvalue weighted by Gasteiger charge is 2.31. The fraction of sp³-hybridized carbons (Fsp3) is 0.750. The predicted molar refractivity (Wildman–Crippen MR) is 83.8 cm³/mol. The number of nitrogens with zero attached hydrogens (tertiary/aromatic N) is 3. The van der Waals surface area contributed by atoms with Gasteiger partial charge in [-0.2, -0.15) is 0 Å². The van der Waals surface area contributed by atoms with E-state index >= 15 is 0 Å². The number of H-pyrrole nitrogens is 1. The van der Waals surface area contributed by atoms with Crippen molar-refractivity contribution < 1.29 is 9.53 Å². The molecule has 3 heterocycles. The van der Waals surface area contributed by atoms with Crippen molar-refractivity contribution in [1.82, 2.24) is 19.8 Å². The van der Waals surface area contributed by atoms with Gasteiger partial charge in [0.15, 0.2) is 0 Å². The minimum atomic E-state index is -0.159. The van der Waals surface area contributed by atoms with Crippen LogP contribution in [-0.2, 0) is 4.74 Å². The van der Waals surface area contributed by atoms with Gasteiger partial charge in [0.1, 0.15) is 5.82 Å². The molecule has 0 radical (unpaired) electrons. The Kier molecular flexibility index (Phi) is 4.97. The van der Waals surface area contributed by atoms with E-state index in [9.17, 15) is 4.79 Å². The summed E-state index contributed by atoms with van der Waals surface area (Å²) in [5, 5.41) is 0. The molecule has 6 heteroatoms. The lowest BCUT2D eigenvalue weighted by Gasteiger charge is -2.41. The van der Waals surface area contributed by atoms with E-state index in [0.717, 1.165) is 38.3 Å². The van der Waals surface area contributed by atoms with Gasteiger partial charge in [0.2, 0.25) is 0 Å². The summed E-state index contributed by atoms with van der Waals surface area (Å²) in [6.45, 7) is 6.18. The number of hydrogen-bond acceptors (Lipinski definition) is 4. The minimum Gasteiger partial charge on any atom is -0.450 e. The molecule has 0 unspecified atom stereocenters. The lowest BCUT2D eigenvalue weighted by molar-refractivity contribution is 0.0646. The maximum Gasteiger partial charge on any atom is 0.409 e. The number of ether oxygens (including phenoxy) is 1. The number of likely N-dealkylation sites (tertiary alicyclic amines) is 2. The van der Waals surface area contributed by atoms with Crippen molar-refractivity contribution in [2.75, 3.05) is 32.8 Å². The molecule has 2 aliphatic heterocycles. The quantitative estimate of drug-likeness (QED) is 0.930. The monoisotopic (exact) mass is 306 g/mol. The number of carbonyl (C=O) groups excluding carboxylic acids is 1. The van der Waals surface area contributed by atoms with Crippen LogP contribution in [0.25, 0.3) is 0 Å². The van der Waals surface area contributed by atoms with Gasteiger partial charge >= 0.3 is 6.09 Å². The van der Waals surface area contributed by atoms with Crippen LogP contribution in [0.5, 0.6) is 0 Å². The highest BCUT2D eigenvalue weighted by atomic mass is 16.6. The van der Waals surface area contributed by atoms with Crippen molar-refractivity contribution in [2.45, 2.75) is 44.6 Å². The van der Waals surface area contributed by atoms with E-state index in [1.165, 1.54) is 19.4 Å². The minimum absolute atomic E-state index is 0.159. The van der Waals surface area contributed by atoms with Crippen molar-refractivity contribution in [3.63, 3.8) is 0 Å². The molecule has 122 valence electrons. The van der Waals surface area contributed by atoms with Crippen LogP contribution in [0.4, 0.5) is 4.79 Å². The molecule has 1 aromatic rings. The van der Waals surface area contributed by atoms with E-state index in [0.29, 0.717) is 18.6 Å². The summed E-state index contributed by atoms with van der Waals surface area (Å²) in [7, 11) is 0. The lowest BCUT2D eigenvalue weighted by atomic mass is 9.93. The molecule has 3 rings (SSSR count). The van der Waals surface area contributed by atoms with Crippen LogP contribution in [-0.4, -0.2) is 64.7 Å². The third kappa shape index (κ3) is 3.43. The Balaban J connectivity index is 1.51. The summed E-state index contributed by atoms with van der Waals surface area (Å²) in [6, 6.07) is 0.587. The normalized spacial score (nSPS) is 24.4. The topological polar surface area (TPSA) is 61.5 Å². The number of amides is 1. The largest absolute Gasteiger partial charge is 0.450 e. The number of rotatable bonds is 3. The molecule has 22 heavy (non-hydrogen) atoms. The smallest absolute Gasteiger partial charge is 0.409 e. The van der Waals surface area contributed by atoms with Gasteiger partial charge in [-0.05, 0) is 39.2 Å². The van der Waals surface area contributed by atoms with Crippen LogP contribution in [0.2, 0.25) is 0 Å². The average Bonchev–Trinajstić information content (AvgIpc) is 3.10. The molecule has 2 saturated heterocycles. The number of imidazole rings is 1. The maximum atomic E-state index is 11.8. The van der Waals surface area contributed by atoms with Crippen molar-refractivity contribution in [3.8, 4) is 0 Å². The van der Waals surface area contributed by atoms with Crippen LogP contribution >= 0.6 is 0 Å². The van der Waals surface area contributed by atoms with E-state index in [2.05, 4.69) is 14.9 Å². The Labute approximate surface area is 131 Å². The second kappa shape index (κ2) is 7.13. The third-order valence-electron chi connectivity index (χ3n) is 4.87. The molecule has 1 amide bonds. The molecule has 6 nitrogen and oxygen atoms in total. The first-order valence-corrected chi connectivity index (χ1v) is 8.43. The molecular weight excluding hydrogens is 280 g/mol. The highest BCUT2D eigenvalue weighted by Crippen LogP contribution is 2.28. The Morgan fingerprint density at radius 2 is 2.18 bits per heavy atom. The summed E-state index contributed by atoms with van der Waals surface area (Å²) in [4.78, 5) is 23.9. The van der Waals surface area contributed by atoms with Crippen LogP contribution in [0, 0.1) is 0 Å². The number of carbonyl (C=O) groups is 1. The van der Waals surface area contributed by atoms with Crippen molar-refractivity contribution in [2.24, 2.45) is 0 Å². The SMILES string of the molecule is CCOC(=O)N1CCC(N2CCC[C@@H](c3ncc[nH]3)C2)CC1. The van der Waals surface area contributed by atoms with Crippen molar-refractivity contribution >= 4 is 6.09 Å². The zero-order valence-electron chi connectivity index (χ0n) is 13.3. The summed E-state index contributed by atoms with van der Waals surface area (Å²) in [5.41, 5.74) is 0. The van der Waals surface area contributed by atoms with Crippen molar-refractivity contribution in [1.29, 1.82) is 0 Å². The summed E-state index contributed by atoms with van der Waals surface area (Å²) in [6.07, 6.45) is 8.12. The number of piperidine rings is 2. The molecule has 1 N–H and O–H groups in total. The summed E-state index contributed by atoms with van der Waals surface area (Å²) in [5.74, 6) is 1.64. The second-order valence-electron chi connectivity index (χ2n) is 6.23. The Hall–Kier alpha value is -1.56. The molecule has 0 aromatic carbocycles. The van der Waals surface area contributed by atoms with Crippen LogP contribution in [0.15, 0.2) is 12.4 Å². The summed E-state index contributed by atoms with van der Waals surface area (Å²) < 4.78 is 5.09. The first kappa shape index (κ1) is 15.3. The van der Waals surface area contributed by atoms with Crippen LogP contribution in [0.3, 0.4) is 0 Å². The number of aromatic amines is 1. The van der Waals surface area contributed by atoms with Gasteiger partial charge in [-0.15, -0.1) is 0 Å². The van der Waals surface area contributed by atoms with Gasteiger partial charge in [-0.25, -0.2) is 9.78 Å². The van der Waals surface area contributed by atoms with E-state index in [1.54, 1.807) is 0 Å². The van der Waals surface area contributed by atoms with E-state index in [1.807, 2.05) is 24.2 Å². The highest BCUT2D eigenvalue weighted by molar-refractivity contribution is 5.67. The van der Waals surface area contributed by atoms with E-state index < -0.39 is 0 Å². The molecule has 2 fully saturated rings. The van der Waals surface area contributed by atoms with Gasteiger partial charge < -0.3 is 14.6 Å². The van der Waals surface area contributed by atoms with Gasteiger partial charge in [0.25, 0.3) is 0 Å². The zero-order chi connectivity index (χ0) is 15.4. The standard InChI is InChI=1S/C16H26N4O2/c1-2-22-16(21)19-10-5-14(6-11-19)20-9-3-4-13(12-20)15-17-7-8-18-15/h7-8,13-14H,2-6,9-12H2,1H3,(H,17,18)/t13-/m1/s1. The van der Waals surface area contributed by atoms with Crippen LogP contribution in [0.1, 0.15) is 44.3 Å². The Morgan fingerprint density at radius 1 is 1.36 bits per heavy atom. The molecule has 0 spiro atoms. The number of hydrogen-bond donors (Lipinski definition) is 1. The van der Waals surface area contributed by atoms with Gasteiger partial charge in [-0.1, -0.05) is 0 Å². The maximum absolute atomic E-state index is 11.8. The molecule has 2 aliphatic rings.